The molecule has 612 valence electrons. The van der Waals surface area contributed by atoms with E-state index in [1.807, 2.05) is 71.5 Å². The van der Waals surface area contributed by atoms with Gasteiger partial charge in [-0.3, -0.25) is 96.7 Å². The van der Waals surface area contributed by atoms with Crippen molar-refractivity contribution < 1.29 is 86.3 Å². The zero-order chi connectivity index (χ0) is 84.5. The lowest BCUT2D eigenvalue weighted by atomic mass is 9.91. The predicted octanol–water partition coefficient (Wildman–Crippen LogP) is 12.5. The van der Waals surface area contributed by atoms with Gasteiger partial charge in [-0.15, -0.1) is 43.1 Å². The zero-order valence-corrected chi connectivity index (χ0v) is 66.3. The Morgan fingerprint density at radius 2 is 0.975 bits per heavy atom. The summed E-state index contributed by atoms with van der Waals surface area (Å²) in [4.78, 5) is 152. The van der Waals surface area contributed by atoms with Gasteiger partial charge in [0.05, 0.1) is 57.1 Å². The SMILES string of the molecule is C.Cc1sc2c(c1C)C(c1ccc(Cl)cc1)=N[C@@H](CC(=O)NCCCOc1cc3c4c(cccc4c1)C(=O)N(C1CCC(=O)NC1=O)C3=O)c1nnc(C)n1-2.Cc1sc2c(c1C)C(c1ccc(Cl)cc1)=N[C@@H](CC(=O)O)c1nnc(C)n1-2.O=C1CCC(N2C(=O)c3cccc4cc(OCCCNC(=O)C(F)(F)F)cc(c34)C2=O)C(=O)N1.[2H]CF. The van der Waals surface area contributed by atoms with Gasteiger partial charge in [-0.1, -0.05) is 79.2 Å². The minimum absolute atomic E-state index is 0. The summed E-state index contributed by atoms with van der Waals surface area (Å²) in [7, 11) is -1.00. The molecule has 0 spiro atoms. The summed E-state index contributed by atoms with van der Waals surface area (Å²) in [6.45, 7) is 12.3. The molecular weight excluding hydrogens is 1620 g/mol. The lowest BCUT2D eigenvalue weighted by Gasteiger charge is -2.34. The third-order valence-corrected chi connectivity index (χ3v) is 23.1. The average molecular weight is 1690 g/mol. The van der Waals surface area contributed by atoms with Crippen LogP contribution in [-0.2, 0) is 33.6 Å². The van der Waals surface area contributed by atoms with E-state index in [0.717, 1.165) is 75.3 Å². The van der Waals surface area contributed by atoms with Gasteiger partial charge in [0.2, 0.25) is 29.5 Å². The van der Waals surface area contributed by atoms with Crippen LogP contribution in [0, 0.1) is 41.5 Å². The van der Waals surface area contributed by atoms with Crippen molar-refractivity contribution in [1.82, 2.24) is 60.6 Å². The molecule has 0 radical (unpaired) electrons. The smallest absolute Gasteiger partial charge is 0.471 e. The fraction of sp³-hybridized carbons (Fsp3) is 0.305. The van der Waals surface area contributed by atoms with Crippen LogP contribution in [0.5, 0.6) is 11.5 Å². The second kappa shape index (κ2) is 35.3. The number of nitrogens with one attached hydrogen (secondary N) is 4. The number of fused-ring (bicyclic) bond motifs is 6. The number of carboxylic acid groups (broad SMARTS) is 1. The molecule has 16 rings (SSSR count). The number of rotatable bonds is 18. The molecule has 4 aromatic heterocycles. The number of carbonyl (C=O) groups excluding carboxylic acids is 10. The van der Waals surface area contributed by atoms with E-state index in [1.54, 1.807) is 76.5 Å². The highest BCUT2D eigenvalue weighted by Gasteiger charge is 2.46. The number of ether oxygens (including phenoxy) is 2. The first kappa shape index (κ1) is 83.7. The van der Waals surface area contributed by atoms with Crippen LogP contribution in [0.2, 0.25) is 10.0 Å². The van der Waals surface area contributed by atoms with Crippen LogP contribution in [0.15, 0.2) is 119 Å². The molecule has 0 saturated carbocycles. The van der Waals surface area contributed by atoms with Crippen molar-refractivity contribution >= 4 is 144 Å². The van der Waals surface area contributed by atoms with Crippen molar-refractivity contribution in [2.45, 2.75) is 131 Å². The van der Waals surface area contributed by atoms with Gasteiger partial charge in [-0.2, -0.15) is 13.2 Å². The molecule has 6 aliphatic heterocycles. The summed E-state index contributed by atoms with van der Waals surface area (Å²) in [5.74, 6) is -4.87. The highest BCUT2D eigenvalue weighted by molar-refractivity contribution is 7.15. The molecule has 6 aliphatic rings. The number of alkyl halides is 4. The normalized spacial score (nSPS) is 17.2. The number of aliphatic carboxylic acids is 1. The summed E-state index contributed by atoms with van der Waals surface area (Å²) in [5.41, 5.74) is 8.41. The van der Waals surface area contributed by atoms with Crippen LogP contribution in [0.1, 0.15) is 180 Å². The number of halogens is 6. The fourth-order valence-corrected chi connectivity index (χ4v) is 17.2. The number of aromatic nitrogens is 6. The number of nitrogens with zero attached hydrogens (tertiary/aromatic N) is 10. The van der Waals surface area contributed by atoms with E-state index in [4.69, 9.17) is 44.0 Å². The number of carbonyl (C=O) groups is 11. The third kappa shape index (κ3) is 17.0. The summed E-state index contributed by atoms with van der Waals surface area (Å²) in [6, 6.07) is 27.7. The topological polar surface area (TPSA) is 367 Å². The molecule has 0 bridgehead atoms. The van der Waals surface area contributed by atoms with Crippen LogP contribution < -0.4 is 30.7 Å². The van der Waals surface area contributed by atoms with Crippen LogP contribution >= 0.6 is 45.9 Å². The minimum Gasteiger partial charge on any atom is -0.493 e. The number of benzene rings is 6. The van der Waals surface area contributed by atoms with Crippen LogP contribution in [0.3, 0.4) is 0 Å². The fourth-order valence-electron chi connectivity index (χ4n) is 14.5. The molecule has 0 aliphatic carbocycles. The Kier molecular flexibility index (Phi) is 25.0. The van der Waals surface area contributed by atoms with Crippen molar-refractivity contribution in [2.24, 2.45) is 9.98 Å². The second-order valence-corrected chi connectivity index (χ2v) is 31.0. The number of hydrogen-bond acceptors (Lipinski definition) is 21. The minimum atomic E-state index is -4.97. The summed E-state index contributed by atoms with van der Waals surface area (Å²) in [5, 5.41) is 41.0. The molecular formula is C82H76Cl2F4N14O14S2. The Labute approximate surface area is 690 Å². The second-order valence-electron chi connectivity index (χ2n) is 27.8. The van der Waals surface area contributed by atoms with E-state index in [1.165, 1.54) is 17.0 Å². The molecule has 28 nitrogen and oxygen atoms in total. The van der Waals surface area contributed by atoms with Crippen LogP contribution in [0.4, 0.5) is 17.6 Å². The number of carboxylic acids is 1. The van der Waals surface area contributed by atoms with Crippen molar-refractivity contribution in [2.75, 3.05) is 33.5 Å². The summed E-state index contributed by atoms with van der Waals surface area (Å²) >= 11 is 15.6. The van der Waals surface area contributed by atoms with Crippen LogP contribution in [0.25, 0.3) is 31.5 Å². The molecule has 10 aromatic rings. The first-order valence-electron chi connectivity index (χ1n) is 37.3. The molecule has 36 heteroatoms. The lowest BCUT2D eigenvalue weighted by Crippen LogP contribution is -2.57. The first-order valence-corrected chi connectivity index (χ1v) is 39.0. The van der Waals surface area contributed by atoms with Gasteiger partial charge in [0.1, 0.15) is 57.3 Å². The van der Waals surface area contributed by atoms with Gasteiger partial charge in [0.15, 0.2) is 11.6 Å². The van der Waals surface area contributed by atoms with E-state index in [2.05, 4.69) is 64.0 Å². The Hall–Kier alpha value is -12.3. The predicted molar refractivity (Wildman–Crippen MR) is 431 cm³/mol. The van der Waals surface area contributed by atoms with Gasteiger partial charge in [-0.25, -0.2) is 0 Å². The van der Waals surface area contributed by atoms with E-state index >= 15 is 0 Å². The monoisotopic (exact) mass is 1690 g/mol. The molecule has 10 heterocycles. The maximum atomic E-state index is 13.7. The number of imide groups is 4. The molecule has 2 fully saturated rings. The maximum absolute atomic E-state index is 13.7. The van der Waals surface area contributed by atoms with Gasteiger partial charge < -0.3 is 25.2 Å². The summed E-state index contributed by atoms with van der Waals surface area (Å²) in [6.07, 6.45) is -4.46. The van der Waals surface area contributed by atoms with Gasteiger partial charge in [0, 0.05) is 89.9 Å². The Morgan fingerprint density at radius 1 is 0.576 bits per heavy atom. The standard InChI is InChI=1S/C39H34ClN7O6S.C22H18F3N3O6.C19H17ClN4O2S.CH3F.CH4/c1-19-20(2)54-39-32(19)34(22-8-10-24(40)11-9-22)42-28(35-45-44-21(3)46(35)39)18-31(49)41-14-5-15-53-25-16-23-6-4-7-26-33(23)27(17-25)38(52)47(37(26)51)29-12-13-30(48)43-36(29)50;23-22(24,25)21(33)26-7-2-8-34-12-9-11-3-1-4-13-17(11)14(10-12)20(32)28(19(13)31)15-5-6-16(29)27-18(15)30;1-9-10(2)27-19-16(9)17(12-4-6-13(20)7-5-12)21-14(8-15(25)26)18-23-22-11(3)24(18)19;1-2;/h4,6-11,16-17,28-29H,5,12-15,18H2,1-3H3,(H,41,49)(H,43,48,50);1,3-4,9-10,15H,2,5-8H2,(H,26,33)(H,27,29,30);4-7,14H,8H2,1-3H3,(H,25,26);1H3;1H4/t28-,29?;;14-;;/m0.0../s1/i;;;1D;. The van der Waals surface area contributed by atoms with E-state index < -0.39 is 96.6 Å². The first-order chi connectivity index (χ1) is 56.3. The van der Waals surface area contributed by atoms with Crippen molar-refractivity contribution in [3.05, 3.63) is 208 Å². The largest absolute Gasteiger partial charge is 0.493 e. The summed E-state index contributed by atoms with van der Waals surface area (Å²) < 4.78 is 67.7. The average Bonchev–Trinajstić information content (AvgIpc) is 1.72. The Morgan fingerprint density at radius 3 is 1.37 bits per heavy atom. The quantitative estimate of drug-likeness (QED) is 0.0303. The third-order valence-electron chi connectivity index (χ3n) is 20.2. The number of aryl methyl sites for hydroxylation is 4. The van der Waals surface area contributed by atoms with E-state index in [0.29, 0.717) is 73.3 Å². The van der Waals surface area contributed by atoms with Crippen molar-refractivity contribution in [1.29, 1.82) is 0 Å². The molecule has 118 heavy (non-hydrogen) atoms. The number of amides is 10. The van der Waals surface area contributed by atoms with Crippen LogP contribution in [-0.4, -0.2) is 173 Å². The highest BCUT2D eigenvalue weighted by Crippen LogP contribution is 2.44. The van der Waals surface area contributed by atoms with Gasteiger partial charge in [0.25, 0.3) is 23.6 Å². The van der Waals surface area contributed by atoms with E-state index in [-0.39, 0.29) is 100 Å². The molecule has 4 atom stereocenters. The Bertz CT molecular complexity index is 5870. The Balaban J connectivity index is 0.000000172. The lowest BCUT2D eigenvalue weighted by molar-refractivity contribution is -0.173. The van der Waals surface area contributed by atoms with Crippen molar-refractivity contribution in [3.63, 3.8) is 0 Å². The van der Waals surface area contributed by atoms with E-state index in [9.17, 15) is 75.4 Å². The molecule has 2 saturated heterocycles. The number of thiophene rings is 2. The van der Waals surface area contributed by atoms with Gasteiger partial charge in [-0.05, 0) is 150 Å². The number of piperidine rings is 2. The number of hydrogen-bond donors (Lipinski definition) is 5. The molecule has 5 N–H and O–H groups in total. The molecule has 2 unspecified atom stereocenters. The molecule has 6 aromatic carbocycles. The zero-order valence-electron chi connectivity index (χ0n) is 64.2. The highest BCUT2D eigenvalue weighted by atomic mass is 35.5. The molecule has 10 amide bonds. The van der Waals surface area contributed by atoms with Crippen molar-refractivity contribution in [3.8, 4) is 21.5 Å². The van der Waals surface area contributed by atoms with Gasteiger partial charge >= 0.3 is 18.1 Å². The number of aliphatic imine (C=N–C) groups is 2. The maximum Gasteiger partial charge on any atom is 0.471 e.